The van der Waals surface area contributed by atoms with Crippen molar-refractivity contribution in [2.45, 2.75) is 45.8 Å². The maximum atomic E-state index is 6.92. The van der Waals surface area contributed by atoms with Crippen LogP contribution in [0.25, 0.3) is 65.9 Å². The Kier molecular flexibility index (Phi) is 6.51. The minimum Gasteiger partial charge on any atom is -0.454 e. The highest BCUT2D eigenvalue weighted by Crippen LogP contribution is 2.41. The van der Waals surface area contributed by atoms with E-state index in [1.165, 1.54) is 61.8 Å². The van der Waals surface area contributed by atoms with E-state index in [1.807, 2.05) is 0 Å². The normalized spacial score (nSPS) is 12.2. The van der Waals surface area contributed by atoms with Crippen molar-refractivity contribution < 1.29 is 8.98 Å². The summed E-state index contributed by atoms with van der Waals surface area (Å²) in [4.78, 5) is 0. The molecule has 0 aliphatic rings. The molecule has 0 amide bonds. The lowest BCUT2D eigenvalue weighted by Gasteiger charge is -2.28. The van der Waals surface area contributed by atoms with Crippen LogP contribution in [0.15, 0.2) is 108 Å². The largest absolute Gasteiger partial charge is 0.454 e. The van der Waals surface area contributed by atoms with Crippen molar-refractivity contribution in [3.8, 4) is 22.4 Å². The minimum absolute atomic E-state index is 0.957. The standard InChI is InChI=1S/C39H38NOSi/c1-6-42(7-2,8-3)31-19-16-27(17-20-31)30-23-24-40(5)35(25-30)36-26(4)13-21-33-34-22-18-29-15-14-28-11-9-10-12-32(28)37(29)39(34)41-38(33)36/h9-25H,6-8H2,1-5H3/q+1. The summed E-state index contributed by atoms with van der Waals surface area (Å²) in [5.41, 5.74) is 7.95. The average Bonchev–Trinajstić information content (AvgIpc) is 3.41. The van der Waals surface area contributed by atoms with Gasteiger partial charge >= 0.3 is 0 Å². The van der Waals surface area contributed by atoms with E-state index in [0.717, 1.165) is 27.8 Å². The summed E-state index contributed by atoms with van der Waals surface area (Å²) in [6, 6.07) is 39.9. The number of pyridine rings is 1. The molecule has 2 nitrogen and oxygen atoms in total. The molecule has 0 unspecified atom stereocenters. The van der Waals surface area contributed by atoms with Gasteiger partial charge in [-0.15, -0.1) is 0 Å². The van der Waals surface area contributed by atoms with Gasteiger partial charge in [-0.25, -0.2) is 4.57 Å². The summed E-state index contributed by atoms with van der Waals surface area (Å²) in [5, 5.41) is 8.77. The minimum atomic E-state index is -1.40. The van der Waals surface area contributed by atoms with Gasteiger partial charge in [-0.05, 0) is 45.8 Å². The van der Waals surface area contributed by atoms with Crippen LogP contribution in [0, 0.1) is 6.92 Å². The van der Waals surface area contributed by atoms with Gasteiger partial charge in [0.1, 0.15) is 18.2 Å². The predicted octanol–water partition coefficient (Wildman–Crippen LogP) is 10.1. The van der Waals surface area contributed by atoms with Gasteiger partial charge in [-0.3, -0.25) is 0 Å². The smallest absolute Gasteiger partial charge is 0.216 e. The number of nitrogens with zero attached hydrogens (tertiary/aromatic N) is 1. The van der Waals surface area contributed by atoms with Crippen LogP contribution in [0.2, 0.25) is 18.1 Å². The van der Waals surface area contributed by atoms with Crippen molar-refractivity contribution in [3.05, 3.63) is 109 Å². The summed E-state index contributed by atoms with van der Waals surface area (Å²) in [6.45, 7) is 9.33. The first-order valence-corrected chi connectivity index (χ1v) is 18.0. The Bertz CT molecular complexity index is 2110. The van der Waals surface area contributed by atoms with Gasteiger partial charge in [0.15, 0.2) is 6.20 Å². The third-order valence-electron chi connectivity index (χ3n) is 9.99. The number of aryl methyl sites for hydroxylation is 2. The molecule has 0 fully saturated rings. The molecule has 0 radical (unpaired) electrons. The third kappa shape index (κ3) is 4.02. The Morgan fingerprint density at radius 3 is 2.07 bits per heavy atom. The second-order valence-corrected chi connectivity index (χ2v) is 17.2. The number of furan rings is 1. The zero-order valence-electron chi connectivity index (χ0n) is 25.3. The molecule has 0 saturated carbocycles. The highest BCUT2D eigenvalue weighted by atomic mass is 28.3. The first kappa shape index (κ1) is 26.7. The number of rotatable bonds is 6. The molecule has 0 spiro atoms. The molecule has 208 valence electrons. The molecule has 7 rings (SSSR count). The summed E-state index contributed by atoms with van der Waals surface area (Å²) >= 11 is 0. The summed E-state index contributed by atoms with van der Waals surface area (Å²) in [5.74, 6) is 0. The molecular formula is C39H38NOSi+. The van der Waals surface area contributed by atoms with Crippen molar-refractivity contribution in [2.75, 3.05) is 0 Å². The van der Waals surface area contributed by atoms with Crippen LogP contribution in [0.3, 0.4) is 0 Å². The molecule has 5 aromatic carbocycles. The Morgan fingerprint density at radius 1 is 0.643 bits per heavy atom. The molecule has 0 atom stereocenters. The number of hydrogen-bond donors (Lipinski definition) is 0. The Hall–Kier alpha value is -4.21. The van der Waals surface area contributed by atoms with Crippen molar-refractivity contribution in [1.82, 2.24) is 0 Å². The number of fused-ring (bicyclic) bond motifs is 7. The van der Waals surface area contributed by atoms with E-state index in [2.05, 4.69) is 143 Å². The SMILES string of the molecule is CC[Si](CC)(CC)c1ccc(-c2cc[n+](C)c(-c3c(C)ccc4c3oc3c4ccc4ccc5ccccc5c43)c2)cc1. The van der Waals surface area contributed by atoms with Crippen molar-refractivity contribution in [1.29, 1.82) is 0 Å². The maximum Gasteiger partial charge on any atom is 0.216 e. The van der Waals surface area contributed by atoms with E-state index in [0.29, 0.717) is 0 Å². The first-order valence-electron chi connectivity index (χ1n) is 15.3. The van der Waals surface area contributed by atoms with E-state index >= 15 is 0 Å². The quantitative estimate of drug-likeness (QED) is 0.112. The molecule has 0 aliphatic carbocycles. The van der Waals surface area contributed by atoms with Gasteiger partial charge in [0.2, 0.25) is 5.69 Å². The maximum absolute atomic E-state index is 6.92. The summed E-state index contributed by atoms with van der Waals surface area (Å²) in [7, 11) is 0.737. The number of hydrogen-bond acceptors (Lipinski definition) is 1. The Balaban J connectivity index is 1.42. The van der Waals surface area contributed by atoms with E-state index in [-0.39, 0.29) is 0 Å². The van der Waals surface area contributed by atoms with E-state index in [4.69, 9.17) is 4.42 Å². The lowest BCUT2D eigenvalue weighted by Crippen LogP contribution is -2.45. The van der Waals surface area contributed by atoms with Gasteiger partial charge in [0, 0.05) is 28.3 Å². The van der Waals surface area contributed by atoms with Crippen molar-refractivity contribution >= 4 is 56.7 Å². The molecule has 2 aromatic heterocycles. The molecule has 0 saturated heterocycles. The van der Waals surface area contributed by atoms with Crippen molar-refractivity contribution in [3.63, 3.8) is 0 Å². The lowest BCUT2D eigenvalue weighted by atomic mass is 9.97. The highest BCUT2D eigenvalue weighted by Gasteiger charge is 2.29. The molecular weight excluding hydrogens is 527 g/mol. The third-order valence-corrected chi connectivity index (χ3v) is 15.6. The average molecular weight is 565 g/mol. The lowest BCUT2D eigenvalue weighted by molar-refractivity contribution is -0.660. The molecule has 42 heavy (non-hydrogen) atoms. The van der Waals surface area contributed by atoms with E-state index < -0.39 is 8.07 Å². The molecule has 0 bridgehead atoms. The Labute approximate surface area is 249 Å². The van der Waals surface area contributed by atoms with Gasteiger partial charge in [-0.2, -0.15) is 0 Å². The molecule has 0 N–H and O–H groups in total. The summed E-state index contributed by atoms with van der Waals surface area (Å²) < 4.78 is 9.15. The van der Waals surface area contributed by atoms with Crippen LogP contribution in [0.5, 0.6) is 0 Å². The van der Waals surface area contributed by atoms with Crippen LogP contribution >= 0.6 is 0 Å². The van der Waals surface area contributed by atoms with Crippen molar-refractivity contribution in [2.24, 2.45) is 7.05 Å². The van der Waals surface area contributed by atoms with Gasteiger partial charge in [0.05, 0.1) is 13.6 Å². The van der Waals surface area contributed by atoms with Crippen LogP contribution in [-0.4, -0.2) is 8.07 Å². The number of benzene rings is 5. The van der Waals surface area contributed by atoms with Gasteiger partial charge in [0.25, 0.3) is 0 Å². The summed E-state index contributed by atoms with van der Waals surface area (Å²) in [6.07, 6.45) is 2.19. The van der Waals surface area contributed by atoms with Crippen LogP contribution in [0.1, 0.15) is 26.3 Å². The van der Waals surface area contributed by atoms with Crippen LogP contribution in [0.4, 0.5) is 0 Å². The fraction of sp³-hybridized carbons (Fsp3) is 0.205. The van der Waals surface area contributed by atoms with Gasteiger partial charge < -0.3 is 4.42 Å². The monoisotopic (exact) mass is 564 g/mol. The second-order valence-electron chi connectivity index (χ2n) is 11.9. The fourth-order valence-corrected chi connectivity index (χ4v) is 10.8. The molecule has 0 aliphatic heterocycles. The molecule has 2 heterocycles. The van der Waals surface area contributed by atoms with Gasteiger partial charge in [-0.1, -0.05) is 123 Å². The predicted molar refractivity (Wildman–Crippen MR) is 182 cm³/mol. The molecule has 7 aromatic rings. The van der Waals surface area contributed by atoms with Crippen LogP contribution < -0.4 is 9.75 Å². The number of aromatic nitrogens is 1. The first-order chi connectivity index (χ1) is 20.5. The second kappa shape index (κ2) is 10.3. The Morgan fingerprint density at radius 2 is 1.31 bits per heavy atom. The zero-order chi connectivity index (χ0) is 29.0. The fourth-order valence-electron chi connectivity index (χ4n) is 7.18. The topological polar surface area (TPSA) is 17.0 Å². The zero-order valence-corrected chi connectivity index (χ0v) is 26.3. The highest BCUT2D eigenvalue weighted by molar-refractivity contribution is 6.91. The van der Waals surface area contributed by atoms with Crippen LogP contribution in [-0.2, 0) is 7.05 Å². The molecule has 3 heteroatoms. The van der Waals surface area contributed by atoms with E-state index in [9.17, 15) is 0 Å². The van der Waals surface area contributed by atoms with E-state index in [1.54, 1.807) is 5.19 Å².